The van der Waals surface area contributed by atoms with Crippen LogP contribution >= 0.6 is 0 Å². The summed E-state index contributed by atoms with van der Waals surface area (Å²) in [5, 5.41) is 12.4. The Balaban J connectivity index is 1.45. The molecule has 0 bridgehead atoms. The fraction of sp³-hybridized carbons (Fsp3) is 0.269. The van der Waals surface area contributed by atoms with Gasteiger partial charge in [0.25, 0.3) is 5.91 Å². The number of rotatable bonds is 7. The van der Waals surface area contributed by atoms with E-state index in [2.05, 4.69) is 26.3 Å². The summed E-state index contributed by atoms with van der Waals surface area (Å²) in [6.45, 7) is 3.15. The first-order valence-electron chi connectivity index (χ1n) is 11.2. The topological polar surface area (TPSA) is 125 Å². The molecule has 3 aromatic rings. The number of hydrogen-bond donors (Lipinski definition) is 2. The van der Waals surface area contributed by atoms with Crippen LogP contribution in [0.25, 0.3) is 0 Å². The number of hydrogen-bond acceptors (Lipinski definition) is 7. The third kappa shape index (κ3) is 5.38. The molecule has 8 nitrogen and oxygen atoms in total. The van der Waals surface area contributed by atoms with Crippen molar-refractivity contribution in [2.24, 2.45) is 5.73 Å². The van der Waals surface area contributed by atoms with Crippen molar-refractivity contribution in [2.45, 2.75) is 32.2 Å². The summed E-state index contributed by atoms with van der Waals surface area (Å²) in [7, 11) is 0. The van der Waals surface area contributed by atoms with E-state index in [4.69, 9.17) is 11.0 Å². The van der Waals surface area contributed by atoms with Crippen LogP contribution in [-0.2, 0) is 6.42 Å². The molecule has 0 spiro atoms. The molecule has 3 N–H and O–H groups in total. The summed E-state index contributed by atoms with van der Waals surface area (Å²) in [5.74, 6) is 0.345. The largest absolute Gasteiger partial charge is 0.381 e. The van der Waals surface area contributed by atoms with Gasteiger partial charge in [-0.1, -0.05) is 18.2 Å². The van der Waals surface area contributed by atoms with E-state index in [9.17, 15) is 9.59 Å². The Morgan fingerprint density at radius 2 is 1.94 bits per heavy atom. The summed E-state index contributed by atoms with van der Waals surface area (Å²) in [5.41, 5.74) is 9.60. The minimum absolute atomic E-state index is 0.0174. The molecule has 0 radical (unpaired) electrons. The molecule has 0 atom stereocenters. The number of nitrogens with zero attached hydrogens (tertiary/aromatic N) is 4. The highest BCUT2D eigenvalue weighted by Crippen LogP contribution is 2.24. The van der Waals surface area contributed by atoms with Gasteiger partial charge in [0.05, 0.1) is 16.8 Å². The highest BCUT2D eigenvalue weighted by molar-refractivity contribution is 5.98. The molecule has 0 unspecified atom stereocenters. The van der Waals surface area contributed by atoms with Crippen LogP contribution in [0.5, 0.6) is 0 Å². The number of benzene rings is 1. The van der Waals surface area contributed by atoms with Gasteiger partial charge in [-0.15, -0.1) is 0 Å². The molecule has 172 valence electrons. The first-order valence-corrected chi connectivity index (χ1v) is 11.2. The summed E-state index contributed by atoms with van der Waals surface area (Å²) in [6.07, 6.45) is 5.36. The smallest absolute Gasteiger partial charge is 0.252 e. The van der Waals surface area contributed by atoms with E-state index in [0.29, 0.717) is 28.8 Å². The van der Waals surface area contributed by atoms with Crippen LogP contribution < -0.4 is 16.0 Å². The van der Waals surface area contributed by atoms with Gasteiger partial charge in [-0.25, -0.2) is 4.98 Å². The lowest BCUT2D eigenvalue weighted by atomic mass is 10.0. The Hall–Kier alpha value is -4.25. The molecule has 1 aliphatic heterocycles. The molecule has 2 aromatic heterocycles. The summed E-state index contributed by atoms with van der Waals surface area (Å²) in [6, 6.07) is 15.2. The van der Waals surface area contributed by atoms with Gasteiger partial charge < -0.3 is 16.0 Å². The van der Waals surface area contributed by atoms with Crippen LogP contribution in [0.15, 0.2) is 54.9 Å². The van der Waals surface area contributed by atoms with Gasteiger partial charge in [0.2, 0.25) is 0 Å². The predicted molar refractivity (Wildman–Crippen MR) is 130 cm³/mol. The predicted octanol–water partition coefficient (Wildman–Crippen LogP) is 3.32. The quantitative estimate of drug-likeness (QED) is 0.525. The number of amides is 1. The average molecular weight is 455 g/mol. The van der Waals surface area contributed by atoms with E-state index in [1.807, 2.05) is 30.3 Å². The second-order valence-electron chi connectivity index (χ2n) is 8.44. The third-order valence-corrected chi connectivity index (χ3v) is 6.00. The summed E-state index contributed by atoms with van der Waals surface area (Å²) >= 11 is 0. The van der Waals surface area contributed by atoms with Gasteiger partial charge in [0, 0.05) is 49.2 Å². The van der Waals surface area contributed by atoms with Gasteiger partial charge in [0.1, 0.15) is 11.9 Å². The number of pyridine rings is 2. The fourth-order valence-corrected chi connectivity index (χ4v) is 4.13. The van der Waals surface area contributed by atoms with Crippen molar-refractivity contribution in [3.8, 4) is 6.07 Å². The molecule has 1 aromatic carbocycles. The second kappa shape index (κ2) is 10.1. The minimum Gasteiger partial charge on any atom is -0.381 e. The molecule has 1 fully saturated rings. The molecule has 34 heavy (non-hydrogen) atoms. The highest BCUT2D eigenvalue weighted by Gasteiger charge is 2.22. The number of carbonyl (C=O) groups is 2. The second-order valence-corrected chi connectivity index (χ2v) is 8.44. The van der Waals surface area contributed by atoms with Crippen molar-refractivity contribution in [3.63, 3.8) is 0 Å². The van der Waals surface area contributed by atoms with Crippen molar-refractivity contribution >= 4 is 23.2 Å². The first kappa shape index (κ1) is 22.9. The Bertz CT molecular complexity index is 1240. The van der Waals surface area contributed by atoms with E-state index >= 15 is 0 Å². The lowest BCUT2D eigenvalue weighted by molar-refractivity contribution is 0.0996. The van der Waals surface area contributed by atoms with E-state index in [-0.39, 0.29) is 11.8 Å². The fourth-order valence-electron chi connectivity index (χ4n) is 4.13. The van der Waals surface area contributed by atoms with Gasteiger partial charge in [-0.3, -0.25) is 14.6 Å². The van der Waals surface area contributed by atoms with Gasteiger partial charge >= 0.3 is 0 Å². The van der Waals surface area contributed by atoms with Gasteiger partial charge in [-0.2, -0.15) is 5.26 Å². The molecule has 3 heterocycles. The normalized spacial score (nSPS) is 13.8. The van der Waals surface area contributed by atoms with Gasteiger partial charge in [0.15, 0.2) is 5.78 Å². The standard InChI is InChI=1S/C26H26N6O2/c1-17(33)20-4-2-3-18(11-20)12-22-13-24(23(16-29-22)26(28)34)31-21-7-9-32(10-8-21)25-6-5-19(14-27)15-30-25/h2-6,11,13,15-16,21H,7-10,12H2,1H3,(H2,28,34)(H,29,31). The number of primary amides is 1. The maximum absolute atomic E-state index is 12.0. The molecule has 1 amide bonds. The Morgan fingerprint density at radius 1 is 1.15 bits per heavy atom. The number of ketones is 1. The van der Waals surface area contributed by atoms with E-state index < -0.39 is 5.91 Å². The maximum atomic E-state index is 12.0. The van der Waals surface area contributed by atoms with Crippen molar-refractivity contribution in [1.82, 2.24) is 9.97 Å². The van der Waals surface area contributed by atoms with Crippen LogP contribution in [0.1, 0.15) is 57.3 Å². The van der Waals surface area contributed by atoms with Crippen LogP contribution in [0.4, 0.5) is 11.5 Å². The lowest BCUT2D eigenvalue weighted by Crippen LogP contribution is -2.39. The van der Waals surface area contributed by atoms with Crippen LogP contribution in [0, 0.1) is 11.3 Å². The van der Waals surface area contributed by atoms with Crippen molar-refractivity contribution in [3.05, 3.63) is 82.8 Å². The van der Waals surface area contributed by atoms with E-state index in [1.165, 1.54) is 6.20 Å². The number of nitriles is 1. The van der Waals surface area contributed by atoms with Crippen molar-refractivity contribution in [1.29, 1.82) is 5.26 Å². The van der Waals surface area contributed by atoms with Crippen LogP contribution in [0.3, 0.4) is 0 Å². The third-order valence-electron chi connectivity index (χ3n) is 6.00. The Morgan fingerprint density at radius 3 is 2.59 bits per heavy atom. The zero-order chi connectivity index (χ0) is 24.1. The monoisotopic (exact) mass is 454 g/mol. The number of piperidine rings is 1. The zero-order valence-corrected chi connectivity index (χ0v) is 19.0. The van der Waals surface area contributed by atoms with Crippen LogP contribution in [-0.4, -0.2) is 40.8 Å². The minimum atomic E-state index is -0.528. The summed E-state index contributed by atoms with van der Waals surface area (Å²) in [4.78, 5) is 34.7. The molecule has 0 saturated carbocycles. The number of nitrogens with two attached hydrogens (primary N) is 1. The maximum Gasteiger partial charge on any atom is 0.252 e. The molecule has 0 aliphatic carbocycles. The van der Waals surface area contributed by atoms with Crippen molar-refractivity contribution in [2.75, 3.05) is 23.3 Å². The van der Waals surface area contributed by atoms with Crippen molar-refractivity contribution < 1.29 is 9.59 Å². The Labute approximate surface area is 198 Å². The highest BCUT2D eigenvalue weighted by atomic mass is 16.1. The molecule has 4 rings (SSSR count). The molecule has 1 aliphatic rings. The zero-order valence-electron chi connectivity index (χ0n) is 19.0. The molecular weight excluding hydrogens is 428 g/mol. The number of anilines is 2. The lowest BCUT2D eigenvalue weighted by Gasteiger charge is -2.34. The van der Waals surface area contributed by atoms with Gasteiger partial charge in [-0.05, 0) is 49.6 Å². The molecule has 8 heteroatoms. The number of carbonyl (C=O) groups excluding carboxylic acids is 2. The molecular formula is C26H26N6O2. The summed E-state index contributed by atoms with van der Waals surface area (Å²) < 4.78 is 0. The Kier molecular flexibility index (Phi) is 6.83. The van der Waals surface area contributed by atoms with E-state index in [0.717, 1.165) is 43.0 Å². The number of aromatic nitrogens is 2. The average Bonchev–Trinajstić information content (AvgIpc) is 2.85. The SMILES string of the molecule is CC(=O)c1cccc(Cc2cc(NC3CCN(c4ccc(C#N)cn4)CC3)c(C(N)=O)cn2)c1. The molecule has 1 saturated heterocycles. The number of Topliss-reactive ketones (excluding diaryl/α,β-unsaturated/α-hetero) is 1. The first-order chi connectivity index (χ1) is 16.4. The number of nitrogens with one attached hydrogen (secondary N) is 1. The van der Waals surface area contributed by atoms with Crippen LogP contribution in [0.2, 0.25) is 0 Å². The van der Waals surface area contributed by atoms with E-state index in [1.54, 1.807) is 25.3 Å².